The Morgan fingerprint density at radius 3 is 1.60 bits per heavy atom. The summed E-state index contributed by atoms with van der Waals surface area (Å²) in [5, 5.41) is 0. The van der Waals surface area contributed by atoms with Crippen LogP contribution < -0.4 is 5.73 Å². The average Bonchev–Trinajstić information content (AvgIpc) is 2.75. The summed E-state index contributed by atoms with van der Waals surface area (Å²) < 4.78 is 2.23. The summed E-state index contributed by atoms with van der Waals surface area (Å²) >= 11 is 4.47. The van der Waals surface area contributed by atoms with Crippen LogP contribution in [-0.4, -0.2) is 54.2 Å². The average molecular weight is 668 g/mol. The van der Waals surface area contributed by atoms with E-state index in [0.29, 0.717) is 32.5 Å². The minimum atomic E-state index is 0.144. The van der Waals surface area contributed by atoms with Crippen molar-refractivity contribution < 1.29 is 9.59 Å². The lowest BCUT2D eigenvalue weighted by Crippen LogP contribution is -2.31. The molecule has 0 saturated carbocycles. The monoisotopic (exact) mass is 668 g/mol. The van der Waals surface area contributed by atoms with Gasteiger partial charge in [-0.2, -0.15) is 0 Å². The van der Waals surface area contributed by atoms with Gasteiger partial charge in [0, 0.05) is 68.8 Å². The molecule has 8 heteroatoms. The summed E-state index contributed by atoms with van der Waals surface area (Å²) in [6.45, 7) is 2.85. The third-order valence-corrected chi connectivity index (χ3v) is 8.27. The minimum absolute atomic E-state index is 0.144. The number of benzene rings is 2. The number of hydrogen-bond donors (Lipinski definition) is 1. The Bertz CT molecular complexity index is 740. The molecule has 0 unspecified atom stereocenters. The summed E-state index contributed by atoms with van der Waals surface area (Å²) in [5.41, 5.74) is 7.04. The maximum absolute atomic E-state index is 12.5. The molecule has 0 bridgehead atoms. The summed E-state index contributed by atoms with van der Waals surface area (Å²) in [7, 11) is 3.56. The predicted octanol–water partition coefficient (Wildman–Crippen LogP) is 5.38. The predicted molar refractivity (Wildman–Crippen MR) is 147 cm³/mol. The number of ketones is 2. The van der Waals surface area contributed by atoms with E-state index in [1.54, 1.807) is 21.6 Å². The number of carbonyl (C=O) groups excluding carboxylic acids is 2. The van der Waals surface area contributed by atoms with E-state index in [9.17, 15) is 9.59 Å². The summed E-state index contributed by atoms with van der Waals surface area (Å²) in [4.78, 5) is 27.3. The van der Waals surface area contributed by atoms with Gasteiger partial charge in [-0.25, -0.2) is 0 Å². The lowest BCUT2D eigenvalue weighted by molar-refractivity contribution is 0.0950. The second kappa shape index (κ2) is 14.8. The third-order valence-electron chi connectivity index (χ3n) is 4.42. The molecule has 0 radical (unpaired) electrons. The second-order valence-corrected chi connectivity index (χ2v) is 11.8. The molecule has 4 nitrogen and oxygen atoms in total. The normalized spacial score (nSPS) is 11.1. The van der Waals surface area contributed by atoms with E-state index in [-0.39, 0.29) is 11.6 Å². The molecule has 2 rings (SSSR count). The van der Waals surface area contributed by atoms with E-state index >= 15 is 0 Å². The van der Waals surface area contributed by atoms with Crippen LogP contribution in [0.3, 0.4) is 0 Å². The van der Waals surface area contributed by atoms with Gasteiger partial charge in [0.1, 0.15) is 0 Å². The molecule has 0 amide bonds. The highest BCUT2D eigenvalue weighted by molar-refractivity contribution is 14.1. The molecule has 2 aromatic carbocycles. The Labute approximate surface area is 214 Å². The highest BCUT2D eigenvalue weighted by atomic mass is 127. The number of nitrogens with zero attached hydrogens (tertiary/aromatic N) is 1. The molecule has 0 aromatic heterocycles. The van der Waals surface area contributed by atoms with Gasteiger partial charge in [0.2, 0.25) is 0 Å². The standard InChI is InChI=1S/C22H26I2N2O2S2/c23-19-5-1-17(2-6-19)21(27)9-12-26(14-16-30-29-15-11-25)13-10-22(28)18-3-7-20(24)8-4-18/h1-8H,9-16,25H2. The van der Waals surface area contributed by atoms with Crippen molar-refractivity contribution in [3.05, 3.63) is 66.8 Å². The molecule has 0 aliphatic rings. The van der Waals surface area contributed by atoms with Gasteiger partial charge in [-0.05, 0) is 69.4 Å². The van der Waals surface area contributed by atoms with E-state index in [2.05, 4.69) is 50.1 Å². The number of rotatable bonds is 14. The van der Waals surface area contributed by atoms with Crippen molar-refractivity contribution >= 4 is 78.3 Å². The van der Waals surface area contributed by atoms with Crippen molar-refractivity contribution in [2.45, 2.75) is 12.8 Å². The van der Waals surface area contributed by atoms with Crippen LogP contribution in [-0.2, 0) is 0 Å². The topological polar surface area (TPSA) is 63.4 Å². The van der Waals surface area contributed by atoms with Crippen molar-refractivity contribution in [1.29, 1.82) is 0 Å². The first-order chi connectivity index (χ1) is 14.5. The van der Waals surface area contributed by atoms with E-state index in [4.69, 9.17) is 5.73 Å². The van der Waals surface area contributed by atoms with Crippen LogP contribution in [0.4, 0.5) is 0 Å². The summed E-state index contributed by atoms with van der Waals surface area (Å²) in [5.74, 6) is 2.16. The zero-order chi connectivity index (χ0) is 21.8. The maximum atomic E-state index is 12.5. The molecule has 2 aromatic rings. The van der Waals surface area contributed by atoms with Gasteiger partial charge in [0.05, 0.1) is 0 Å². The first kappa shape index (κ1) is 26.1. The Hall–Kier alpha value is -0.140. The van der Waals surface area contributed by atoms with E-state index in [1.807, 2.05) is 48.5 Å². The quantitative estimate of drug-likeness (QED) is 0.126. The van der Waals surface area contributed by atoms with Crippen LogP contribution >= 0.6 is 66.8 Å². The van der Waals surface area contributed by atoms with Crippen LogP contribution in [0, 0.1) is 7.14 Å². The second-order valence-electron chi connectivity index (χ2n) is 6.63. The zero-order valence-corrected chi connectivity index (χ0v) is 22.6. The Kier molecular flexibility index (Phi) is 12.9. The van der Waals surface area contributed by atoms with Gasteiger partial charge in [0.25, 0.3) is 0 Å². The molecule has 0 heterocycles. The molecule has 0 aliphatic heterocycles. The number of carbonyl (C=O) groups is 2. The lowest BCUT2D eigenvalue weighted by atomic mass is 10.1. The van der Waals surface area contributed by atoms with Gasteiger partial charge in [-0.3, -0.25) is 9.59 Å². The Balaban J connectivity index is 1.88. The van der Waals surface area contributed by atoms with Crippen LogP contribution in [0.15, 0.2) is 48.5 Å². The smallest absolute Gasteiger partial charge is 0.164 e. The van der Waals surface area contributed by atoms with Gasteiger partial charge in [-0.1, -0.05) is 45.9 Å². The molecule has 2 N–H and O–H groups in total. The van der Waals surface area contributed by atoms with Crippen molar-refractivity contribution in [2.75, 3.05) is 37.7 Å². The number of hydrogen-bond acceptors (Lipinski definition) is 6. The summed E-state index contributed by atoms with van der Waals surface area (Å²) in [6.07, 6.45) is 0.915. The Morgan fingerprint density at radius 1 is 0.733 bits per heavy atom. The molecular weight excluding hydrogens is 642 g/mol. The van der Waals surface area contributed by atoms with E-state index in [0.717, 1.165) is 36.3 Å². The zero-order valence-electron chi connectivity index (χ0n) is 16.7. The highest BCUT2D eigenvalue weighted by Gasteiger charge is 2.13. The van der Waals surface area contributed by atoms with Crippen molar-refractivity contribution in [3.63, 3.8) is 0 Å². The fourth-order valence-corrected chi connectivity index (χ4v) is 5.35. The fourth-order valence-electron chi connectivity index (χ4n) is 2.75. The van der Waals surface area contributed by atoms with Gasteiger partial charge < -0.3 is 10.6 Å². The van der Waals surface area contributed by atoms with Crippen molar-refractivity contribution in [3.8, 4) is 0 Å². The number of nitrogens with two attached hydrogens (primary N) is 1. The largest absolute Gasteiger partial charge is 0.330 e. The first-order valence-corrected chi connectivity index (χ1v) is 14.4. The van der Waals surface area contributed by atoms with Crippen molar-refractivity contribution in [1.82, 2.24) is 4.90 Å². The molecule has 0 fully saturated rings. The maximum Gasteiger partial charge on any atom is 0.164 e. The Morgan fingerprint density at radius 2 is 1.17 bits per heavy atom. The van der Waals surface area contributed by atoms with Crippen LogP contribution in [0.2, 0.25) is 0 Å². The molecule has 0 saturated heterocycles. The van der Waals surface area contributed by atoms with Crippen LogP contribution in [0.1, 0.15) is 33.6 Å². The number of halogens is 2. The van der Waals surface area contributed by atoms with E-state index in [1.165, 1.54) is 0 Å². The van der Waals surface area contributed by atoms with Gasteiger partial charge in [-0.15, -0.1) is 0 Å². The highest BCUT2D eigenvalue weighted by Crippen LogP contribution is 2.20. The first-order valence-electron chi connectivity index (χ1n) is 9.74. The molecule has 0 atom stereocenters. The lowest BCUT2D eigenvalue weighted by Gasteiger charge is -2.21. The molecule has 0 spiro atoms. The van der Waals surface area contributed by atoms with Gasteiger partial charge in [0.15, 0.2) is 11.6 Å². The third kappa shape index (κ3) is 9.99. The van der Waals surface area contributed by atoms with Gasteiger partial charge >= 0.3 is 0 Å². The van der Waals surface area contributed by atoms with E-state index < -0.39 is 0 Å². The number of Topliss-reactive ketones (excluding diaryl/α,β-unsaturated/α-hetero) is 2. The van der Waals surface area contributed by atoms with Crippen molar-refractivity contribution in [2.24, 2.45) is 5.73 Å². The minimum Gasteiger partial charge on any atom is -0.330 e. The molecule has 0 aliphatic carbocycles. The SMILES string of the molecule is NCCSSCCN(CCC(=O)c1ccc(I)cc1)CCC(=O)c1ccc(I)cc1. The molecular formula is C22H26I2N2O2S2. The van der Waals surface area contributed by atoms with Crippen LogP contribution in [0.25, 0.3) is 0 Å². The molecule has 30 heavy (non-hydrogen) atoms. The molecule has 162 valence electrons. The van der Waals surface area contributed by atoms with Crippen LogP contribution in [0.5, 0.6) is 0 Å². The summed E-state index contributed by atoms with van der Waals surface area (Å²) in [6, 6.07) is 15.4. The fraction of sp³-hybridized carbons (Fsp3) is 0.364.